The molecular formula is C8H14OS. The summed E-state index contributed by atoms with van der Waals surface area (Å²) in [6.45, 7) is 7.29. The second-order valence-electron chi connectivity index (χ2n) is 2.08. The molecule has 0 radical (unpaired) electrons. The van der Waals surface area contributed by atoms with E-state index in [0.29, 0.717) is 0 Å². The van der Waals surface area contributed by atoms with Gasteiger partial charge in [0.2, 0.25) is 0 Å². The Morgan fingerprint density at radius 2 is 2.40 bits per heavy atom. The highest BCUT2D eigenvalue weighted by molar-refractivity contribution is 8.00. The molecule has 0 fully saturated rings. The standard InChI is InChI=1S/C8H14OS/c1-4-6-8(7(3)9)10-5-2/h4,8H,1,5-6H2,2-3H3. The van der Waals surface area contributed by atoms with E-state index in [9.17, 15) is 4.79 Å². The van der Waals surface area contributed by atoms with Crippen LogP contribution in [0.15, 0.2) is 12.7 Å². The third kappa shape index (κ3) is 3.72. The Hall–Kier alpha value is -0.240. The van der Waals surface area contributed by atoms with E-state index >= 15 is 0 Å². The van der Waals surface area contributed by atoms with Crippen molar-refractivity contribution in [2.45, 2.75) is 25.5 Å². The lowest BCUT2D eigenvalue weighted by Gasteiger charge is -2.07. The second-order valence-corrected chi connectivity index (χ2v) is 3.56. The molecule has 0 aliphatic rings. The summed E-state index contributed by atoms with van der Waals surface area (Å²) in [6, 6.07) is 0. The van der Waals surface area contributed by atoms with Gasteiger partial charge in [-0.05, 0) is 19.1 Å². The summed E-state index contributed by atoms with van der Waals surface area (Å²) in [6.07, 6.45) is 2.60. The Bertz CT molecular complexity index is 120. The van der Waals surface area contributed by atoms with E-state index in [1.54, 1.807) is 24.8 Å². The molecule has 2 heteroatoms. The highest BCUT2D eigenvalue weighted by Gasteiger charge is 2.10. The lowest BCUT2D eigenvalue weighted by atomic mass is 10.2. The van der Waals surface area contributed by atoms with E-state index < -0.39 is 0 Å². The molecule has 0 aromatic heterocycles. The number of ketones is 1. The second kappa shape index (κ2) is 5.54. The first kappa shape index (κ1) is 9.76. The smallest absolute Gasteiger partial charge is 0.143 e. The molecule has 0 spiro atoms. The van der Waals surface area contributed by atoms with Gasteiger partial charge in [-0.15, -0.1) is 6.58 Å². The highest BCUT2D eigenvalue weighted by Crippen LogP contribution is 2.14. The molecule has 0 aliphatic carbocycles. The Kier molecular flexibility index (Phi) is 5.40. The minimum Gasteiger partial charge on any atom is -0.299 e. The van der Waals surface area contributed by atoms with Crippen LogP contribution in [0.25, 0.3) is 0 Å². The average molecular weight is 158 g/mol. The monoisotopic (exact) mass is 158 g/mol. The van der Waals surface area contributed by atoms with Gasteiger partial charge in [-0.2, -0.15) is 11.8 Å². The van der Waals surface area contributed by atoms with Crippen molar-refractivity contribution in [2.24, 2.45) is 0 Å². The molecule has 0 saturated carbocycles. The molecule has 0 aliphatic heterocycles. The molecule has 0 heterocycles. The van der Waals surface area contributed by atoms with Crippen molar-refractivity contribution in [3.05, 3.63) is 12.7 Å². The minimum absolute atomic E-state index is 0.141. The zero-order chi connectivity index (χ0) is 7.98. The first-order valence-corrected chi connectivity index (χ1v) is 4.50. The highest BCUT2D eigenvalue weighted by atomic mass is 32.2. The van der Waals surface area contributed by atoms with Crippen molar-refractivity contribution in [1.82, 2.24) is 0 Å². The van der Waals surface area contributed by atoms with Gasteiger partial charge in [0, 0.05) is 0 Å². The van der Waals surface area contributed by atoms with Gasteiger partial charge in [0.05, 0.1) is 5.25 Å². The fourth-order valence-corrected chi connectivity index (χ4v) is 1.61. The van der Waals surface area contributed by atoms with E-state index in [4.69, 9.17) is 0 Å². The maximum atomic E-state index is 10.9. The number of carbonyl (C=O) groups is 1. The summed E-state index contributed by atoms with van der Waals surface area (Å²) >= 11 is 1.69. The topological polar surface area (TPSA) is 17.1 Å². The van der Waals surface area contributed by atoms with Gasteiger partial charge in [-0.25, -0.2) is 0 Å². The van der Waals surface area contributed by atoms with Crippen LogP contribution in [0.1, 0.15) is 20.3 Å². The Morgan fingerprint density at radius 3 is 2.70 bits per heavy atom. The van der Waals surface area contributed by atoms with Crippen LogP contribution in [0.5, 0.6) is 0 Å². The SMILES string of the molecule is C=CCC(SCC)C(C)=O. The molecule has 0 aromatic rings. The molecule has 0 aromatic carbocycles. The predicted octanol–water partition coefficient (Wildman–Crippen LogP) is 2.27. The van der Waals surface area contributed by atoms with Crippen LogP contribution in [-0.4, -0.2) is 16.8 Å². The van der Waals surface area contributed by atoms with Crippen LogP contribution in [0.2, 0.25) is 0 Å². The summed E-state index contributed by atoms with van der Waals surface area (Å²) < 4.78 is 0. The third-order valence-electron chi connectivity index (χ3n) is 1.20. The summed E-state index contributed by atoms with van der Waals surface area (Å²) in [5, 5.41) is 0.141. The third-order valence-corrected chi connectivity index (χ3v) is 2.46. The van der Waals surface area contributed by atoms with Gasteiger partial charge in [-0.1, -0.05) is 13.0 Å². The first-order valence-electron chi connectivity index (χ1n) is 3.45. The zero-order valence-electron chi connectivity index (χ0n) is 6.59. The van der Waals surface area contributed by atoms with Gasteiger partial charge >= 0.3 is 0 Å². The molecule has 0 amide bonds. The van der Waals surface area contributed by atoms with Gasteiger partial charge in [0.25, 0.3) is 0 Å². The van der Waals surface area contributed by atoms with Crippen molar-refractivity contribution < 1.29 is 4.79 Å². The molecule has 0 rings (SSSR count). The van der Waals surface area contributed by atoms with Crippen molar-refractivity contribution in [3.63, 3.8) is 0 Å². The van der Waals surface area contributed by atoms with Gasteiger partial charge in [-0.3, -0.25) is 4.79 Å². The quantitative estimate of drug-likeness (QED) is 0.571. The Labute approximate surface area is 66.9 Å². The van der Waals surface area contributed by atoms with E-state index in [1.807, 2.05) is 0 Å². The van der Waals surface area contributed by atoms with Crippen LogP contribution >= 0.6 is 11.8 Å². The number of hydrogen-bond acceptors (Lipinski definition) is 2. The number of allylic oxidation sites excluding steroid dienone is 1. The number of rotatable bonds is 5. The molecule has 1 atom stereocenters. The molecule has 1 unspecified atom stereocenters. The number of hydrogen-bond donors (Lipinski definition) is 0. The fourth-order valence-electron chi connectivity index (χ4n) is 0.704. The molecule has 0 saturated heterocycles. The molecule has 10 heavy (non-hydrogen) atoms. The fraction of sp³-hybridized carbons (Fsp3) is 0.625. The average Bonchev–Trinajstić information content (AvgIpc) is 1.87. The largest absolute Gasteiger partial charge is 0.299 e. The lowest BCUT2D eigenvalue weighted by molar-refractivity contribution is -0.116. The van der Waals surface area contributed by atoms with E-state index in [0.717, 1.165) is 12.2 Å². The minimum atomic E-state index is 0.141. The predicted molar refractivity (Wildman–Crippen MR) is 47.4 cm³/mol. The first-order chi connectivity index (χ1) is 4.72. The van der Waals surface area contributed by atoms with E-state index in [2.05, 4.69) is 13.5 Å². The van der Waals surface area contributed by atoms with Crippen LogP contribution in [-0.2, 0) is 4.79 Å². The van der Waals surface area contributed by atoms with Gasteiger partial charge in [0.15, 0.2) is 0 Å². The summed E-state index contributed by atoms with van der Waals surface area (Å²) in [7, 11) is 0. The molecule has 0 N–H and O–H groups in total. The number of thioether (sulfide) groups is 1. The Morgan fingerprint density at radius 1 is 1.80 bits per heavy atom. The van der Waals surface area contributed by atoms with Crippen molar-refractivity contribution in [3.8, 4) is 0 Å². The maximum Gasteiger partial charge on any atom is 0.143 e. The Balaban J connectivity index is 3.71. The van der Waals surface area contributed by atoms with Crippen molar-refractivity contribution in [2.75, 3.05) is 5.75 Å². The number of Topliss-reactive ketones (excluding diaryl/α,β-unsaturated/α-hetero) is 1. The van der Waals surface area contributed by atoms with Crippen LogP contribution in [0.4, 0.5) is 0 Å². The van der Waals surface area contributed by atoms with Crippen LogP contribution < -0.4 is 0 Å². The maximum absolute atomic E-state index is 10.9. The van der Waals surface area contributed by atoms with Crippen LogP contribution in [0.3, 0.4) is 0 Å². The van der Waals surface area contributed by atoms with Gasteiger partial charge in [0.1, 0.15) is 5.78 Å². The van der Waals surface area contributed by atoms with Gasteiger partial charge < -0.3 is 0 Å². The van der Waals surface area contributed by atoms with E-state index in [-0.39, 0.29) is 11.0 Å². The molecule has 0 bridgehead atoms. The summed E-state index contributed by atoms with van der Waals surface area (Å²) in [5.74, 6) is 1.25. The zero-order valence-corrected chi connectivity index (χ0v) is 7.41. The number of carbonyl (C=O) groups excluding carboxylic acids is 1. The normalized spacial score (nSPS) is 12.6. The van der Waals surface area contributed by atoms with Crippen LogP contribution in [0, 0.1) is 0 Å². The molecule has 58 valence electrons. The van der Waals surface area contributed by atoms with Crippen molar-refractivity contribution >= 4 is 17.5 Å². The molecular weight excluding hydrogens is 144 g/mol. The summed E-state index contributed by atoms with van der Waals surface area (Å²) in [5.41, 5.74) is 0. The lowest BCUT2D eigenvalue weighted by Crippen LogP contribution is -2.12. The molecule has 1 nitrogen and oxygen atoms in total. The summed E-state index contributed by atoms with van der Waals surface area (Å²) in [4.78, 5) is 10.9. The van der Waals surface area contributed by atoms with Crippen molar-refractivity contribution in [1.29, 1.82) is 0 Å². The van der Waals surface area contributed by atoms with E-state index in [1.165, 1.54) is 0 Å².